The van der Waals surface area contributed by atoms with Crippen molar-refractivity contribution in [3.8, 4) is 0 Å². The van der Waals surface area contributed by atoms with Gasteiger partial charge < -0.3 is 29.2 Å². The molecule has 0 aromatic heterocycles. The first-order valence-corrected chi connectivity index (χ1v) is 14.9. The van der Waals surface area contributed by atoms with Gasteiger partial charge in [-0.15, -0.1) is 0 Å². The Balaban J connectivity index is 0.000000158. The van der Waals surface area contributed by atoms with E-state index in [1.165, 1.54) is 123 Å². The molecule has 6 aliphatic rings. The molecule has 6 nitrogen and oxygen atoms in total. The molecule has 35 heavy (non-hydrogen) atoms. The van der Waals surface area contributed by atoms with Gasteiger partial charge in [0.15, 0.2) is 0 Å². The maximum absolute atomic E-state index is 5.10. The van der Waals surface area contributed by atoms with Crippen LogP contribution in [0.15, 0.2) is 0 Å². The number of rotatable bonds is 0. The molecule has 0 amide bonds. The molecule has 0 bridgehead atoms. The van der Waals surface area contributed by atoms with Gasteiger partial charge in [0.05, 0.1) is 13.2 Å². The fraction of sp³-hybridized carbons (Fsp3) is 1.00. The molecule has 0 aromatic rings. The molecule has 1 saturated carbocycles. The van der Waals surface area contributed by atoms with E-state index >= 15 is 0 Å². The van der Waals surface area contributed by atoms with Gasteiger partial charge >= 0.3 is 0 Å². The molecule has 0 aromatic carbocycles. The van der Waals surface area contributed by atoms with E-state index in [9.17, 15) is 0 Å². The number of hydrogen-bond acceptors (Lipinski definition) is 6. The standard InChI is InChI=1S/C9H17N.C6H13N.C5H11NO.C5H11N.C4H9N/c1-10-7-5-9(6-8-10)3-2-4-9;1-7-5-3-2-4-6-7;1-6-2-4-7-5-3-6;1-6-4-2-3-5-6;1-5-3-2-4-5/h2-8H2,1H3;2-6H2,1H3;2-5H2,1H3;2-5H2,1H3;2-4H2,1H3. The van der Waals surface area contributed by atoms with Gasteiger partial charge in [-0.25, -0.2) is 0 Å². The molecule has 5 heterocycles. The third-order valence-corrected chi connectivity index (χ3v) is 8.69. The van der Waals surface area contributed by atoms with Crippen molar-refractivity contribution in [3.63, 3.8) is 0 Å². The summed E-state index contributed by atoms with van der Waals surface area (Å²) in [6.45, 7) is 14.6. The first-order valence-electron chi connectivity index (χ1n) is 14.9. The van der Waals surface area contributed by atoms with Gasteiger partial charge in [-0.3, -0.25) is 0 Å². The lowest BCUT2D eigenvalue weighted by molar-refractivity contribution is 0.0434. The molecule has 6 heteroatoms. The zero-order chi connectivity index (χ0) is 25.4. The second kappa shape index (κ2) is 18.1. The smallest absolute Gasteiger partial charge is 0.0594 e. The van der Waals surface area contributed by atoms with Crippen molar-refractivity contribution in [3.05, 3.63) is 0 Å². The minimum absolute atomic E-state index is 0.840. The Morgan fingerprint density at radius 3 is 0.971 bits per heavy atom. The van der Waals surface area contributed by atoms with Crippen LogP contribution in [0.1, 0.15) is 70.6 Å². The van der Waals surface area contributed by atoms with Gasteiger partial charge in [0, 0.05) is 13.1 Å². The number of ether oxygens (including phenoxy) is 1. The van der Waals surface area contributed by atoms with Crippen molar-refractivity contribution in [1.82, 2.24) is 24.5 Å². The van der Waals surface area contributed by atoms with E-state index in [0.717, 1.165) is 31.7 Å². The molecule has 1 spiro atoms. The van der Waals surface area contributed by atoms with Crippen LogP contribution < -0.4 is 0 Å². The van der Waals surface area contributed by atoms with Gasteiger partial charge in [0.25, 0.3) is 0 Å². The molecule has 5 aliphatic heterocycles. The average Bonchev–Trinajstić information content (AvgIpc) is 3.31. The lowest BCUT2D eigenvalue weighted by Gasteiger charge is -2.47. The van der Waals surface area contributed by atoms with Crippen LogP contribution in [0.5, 0.6) is 0 Å². The van der Waals surface area contributed by atoms with E-state index in [0.29, 0.717) is 0 Å². The molecule has 0 radical (unpaired) electrons. The average molecular weight is 496 g/mol. The van der Waals surface area contributed by atoms with E-state index in [1.54, 1.807) is 0 Å². The quantitative estimate of drug-likeness (QED) is 0.504. The van der Waals surface area contributed by atoms with Crippen LogP contribution in [0.25, 0.3) is 0 Å². The molecule has 5 saturated heterocycles. The van der Waals surface area contributed by atoms with Gasteiger partial charge in [-0.05, 0) is 151 Å². The summed E-state index contributed by atoms with van der Waals surface area (Å²) in [6, 6.07) is 0. The van der Waals surface area contributed by atoms with Crippen LogP contribution in [-0.4, -0.2) is 138 Å². The van der Waals surface area contributed by atoms with Crippen molar-refractivity contribution in [2.75, 3.05) is 114 Å². The minimum atomic E-state index is 0.840. The zero-order valence-corrected chi connectivity index (χ0v) is 24.4. The second-order valence-electron chi connectivity index (χ2n) is 12.1. The van der Waals surface area contributed by atoms with Gasteiger partial charge in [0.2, 0.25) is 0 Å². The SMILES string of the molecule is CN1CCC1.CN1CCC2(CCC2)CC1.CN1CCCC1.CN1CCCCC1.CN1CCOCC1. The predicted octanol–water partition coefficient (Wildman–Crippen LogP) is 3.97. The van der Waals surface area contributed by atoms with Crippen LogP contribution >= 0.6 is 0 Å². The number of morpholine rings is 1. The first kappa shape index (κ1) is 31.0. The normalized spacial score (nSPS) is 27.3. The number of likely N-dealkylation sites (N-methyl/N-ethyl adjacent to an activating group) is 1. The monoisotopic (exact) mass is 495 g/mol. The lowest BCUT2D eigenvalue weighted by Crippen LogP contribution is -2.41. The fourth-order valence-electron chi connectivity index (χ4n) is 5.33. The van der Waals surface area contributed by atoms with Crippen LogP contribution in [0, 0.1) is 5.41 Å². The third-order valence-electron chi connectivity index (χ3n) is 8.69. The molecule has 0 N–H and O–H groups in total. The molecular formula is C29H61N5O. The summed E-state index contributed by atoms with van der Waals surface area (Å²) >= 11 is 0. The van der Waals surface area contributed by atoms with Crippen molar-refractivity contribution in [2.24, 2.45) is 5.41 Å². The molecule has 0 unspecified atom stereocenters. The van der Waals surface area contributed by atoms with E-state index in [2.05, 4.69) is 59.7 Å². The topological polar surface area (TPSA) is 25.4 Å². The van der Waals surface area contributed by atoms with Crippen LogP contribution in [0.4, 0.5) is 0 Å². The number of nitrogens with zero attached hydrogens (tertiary/aromatic N) is 5. The summed E-state index contributed by atoms with van der Waals surface area (Å²) in [5.41, 5.74) is 0.840. The maximum atomic E-state index is 5.10. The highest BCUT2D eigenvalue weighted by Crippen LogP contribution is 2.48. The summed E-state index contributed by atoms with van der Waals surface area (Å²) in [7, 11) is 10.9. The van der Waals surface area contributed by atoms with E-state index in [-0.39, 0.29) is 0 Å². The fourth-order valence-corrected chi connectivity index (χ4v) is 5.33. The van der Waals surface area contributed by atoms with E-state index < -0.39 is 0 Å². The molecule has 6 rings (SSSR count). The van der Waals surface area contributed by atoms with Crippen molar-refractivity contribution >= 4 is 0 Å². The highest BCUT2D eigenvalue weighted by molar-refractivity contribution is 4.91. The maximum Gasteiger partial charge on any atom is 0.0594 e. The van der Waals surface area contributed by atoms with Crippen LogP contribution in [0.3, 0.4) is 0 Å². The number of likely N-dealkylation sites (tertiary alicyclic amines) is 4. The first-order chi connectivity index (χ1) is 16.9. The van der Waals surface area contributed by atoms with Crippen molar-refractivity contribution in [1.29, 1.82) is 0 Å². The molecular weight excluding hydrogens is 434 g/mol. The summed E-state index contributed by atoms with van der Waals surface area (Å²) < 4.78 is 5.10. The van der Waals surface area contributed by atoms with Gasteiger partial charge in [-0.2, -0.15) is 0 Å². The van der Waals surface area contributed by atoms with Gasteiger partial charge in [-0.1, -0.05) is 12.8 Å². The van der Waals surface area contributed by atoms with Crippen molar-refractivity contribution in [2.45, 2.75) is 70.6 Å². The minimum Gasteiger partial charge on any atom is -0.379 e. The van der Waals surface area contributed by atoms with Crippen LogP contribution in [0.2, 0.25) is 0 Å². The largest absolute Gasteiger partial charge is 0.379 e. The molecule has 6 fully saturated rings. The highest BCUT2D eigenvalue weighted by atomic mass is 16.5. The number of piperidine rings is 2. The Bertz CT molecular complexity index is 467. The Kier molecular flexibility index (Phi) is 16.0. The molecule has 0 atom stereocenters. The summed E-state index contributed by atoms with van der Waals surface area (Å²) in [5, 5.41) is 0. The summed E-state index contributed by atoms with van der Waals surface area (Å²) in [4.78, 5) is 11.8. The van der Waals surface area contributed by atoms with E-state index in [4.69, 9.17) is 4.74 Å². The van der Waals surface area contributed by atoms with Gasteiger partial charge in [0.1, 0.15) is 0 Å². The third kappa shape index (κ3) is 14.3. The Morgan fingerprint density at radius 1 is 0.371 bits per heavy atom. The summed E-state index contributed by atoms with van der Waals surface area (Å²) in [6.07, 6.45) is 16.0. The Morgan fingerprint density at radius 2 is 0.743 bits per heavy atom. The second-order valence-corrected chi connectivity index (χ2v) is 12.1. The van der Waals surface area contributed by atoms with Crippen LogP contribution in [-0.2, 0) is 4.74 Å². The highest BCUT2D eigenvalue weighted by Gasteiger charge is 2.38. The zero-order valence-electron chi connectivity index (χ0n) is 24.4. The lowest BCUT2D eigenvalue weighted by atomic mass is 9.63. The van der Waals surface area contributed by atoms with Crippen molar-refractivity contribution < 1.29 is 4.74 Å². The molecule has 208 valence electrons. The molecule has 1 aliphatic carbocycles. The number of hydrogen-bond donors (Lipinski definition) is 0. The Labute approximate surface area is 219 Å². The Hall–Kier alpha value is -0.240. The van der Waals surface area contributed by atoms with E-state index in [1.807, 2.05) is 0 Å². The predicted molar refractivity (Wildman–Crippen MR) is 152 cm³/mol. The summed E-state index contributed by atoms with van der Waals surface area (Å²) in [5.74, 6) is 0.